The zero-order chi connectivity index (χ0) is 23.5. The summed E-state index contributed by atoms with van der Waals surface area (Å²) < 4.78 is 0. The van der Waals surface area contributed by atoms with Crippen molar-refractivity contribution in [1.82, 2.24) is 20.0 Å². The number of aryl methyl sites for hydroxylation is 1. The molecule has 1 aliphatic rings. The lowest BCUT2D eigenvalue weighted by Crippen LogP contribution is -2.49. The molecule has 4 N–H and O–H groups in total. The van der Waals surface area contributed by atoms with Crippen LogP contribution in [0.25, 0.3) is 0 Å². The molecule has 1 atom stereocenters. The lowest BCUT2D eigenvalue weighted by atomic mass is 10.0. The van der Waals surface area contributed by atoms with Crippen molar-refractivity contribution < 1.29 is 29.7 Å². The highest BCUT2D eigenvalue weighted by Crippen LogP contribution is 2.12. The van der Waals surface area contributed by atoms with Gasteiger partial charge in [0.1, 0.15) is 0 Å². The largest absolute Gasteiger partial charge is 0.480 e. The van der Waals surface area contributed by atoms with Crippen molar-refractivity contribution >= 4 is 17.9 Å². The fourth-order valence-electron chi connectivity index (χ4n) is 3.89. The van der Waals surface area contributed by atoms with Gasteiger partial charge in [0, 0.05) is 51.9 Å². The molecular formula is C22H34N4O6. The minimum atomic E-state index is -0.927. The number of nitrogens with one attached hydrogen (secondary N) is 1. The van der Waals surface area contributed by atoms with Crippen molar-refractivity contribution in [2.75, 3.05) is 65.4 Å². The number of carboxylic acids is 3. The summed E-state index contributed by atoms with van der Waals surface area (Å²) in [5, 5.41) is 30.5. The molecule has 2 rings (SSSR count). The van der Waals surface area contributed by atoms with Gasteiger partial charge in [-0.25, -0.2) is 0 Å². The normalized spacial score (nSPS) is 17.8. The molecule has 1 fully saturated rings. The lowest BCUT2D eigenvalue weighted by molar-refractivity contribution is -0.140. The predicted octanol–water partition coefficient (Wildman–Crippen LogP) is -0.331. The summed E-state index contributed by atoms with van der Waals surface area (Å²) >= 11 is 0. The van der Waals surface area contributed by atoms with E-state index in [2.05, 4.69) is 22.3 Å². The molecule has 0 amide bonds. The topological polar surface area (TPSA) is 134 Å². The molecule has 178 valence electrons. The van der Waals surface area contributed by atoms with E-state index in [1.807, 2.05) is 28.9 Å². The van der Waals surface area contributed by atoms with Crippen LogP contribution in [-0.4, -0.2) is 119 Å². The highest BCUT2D eigenvalue weighted by atomic mass is 16.4. The minimum Gasteiger partial charge on any atom is -0.480 e. The summed E-state index contributed by atoms with van der Waals surface area (Å²) in [4.78, 5) is 39.4. The van der Waals surface area contributed by atoms with E-state index in [4.69, 9.17) is 5.11 Å². The van der Waals surface area contributed by atoms with Crippen LogP contribution in [0.15, 0.2) is 24.3 Å². The third kappa shape index (κ3) is 9.73. The molecule has 1 saturated heterocycles. The van der Waals surface area contributed by atoms with Gasteiger partial charge in [0.25, 0.3) is 0 Å². The van der Waals surface area contributed by atoms with Crippen molar-refractivity contribution in [3.63, 3.8) is 0 Å². The number of carbonyl (C=O) groups is 3. The van der Waals surface area contributed by atoms with Gasteiger partial charge in [0.15, 0.2) is 0 Å². The second-order valence-electron chi connectivity index (χ2n) is 8.24. The van der Waals surface area contributed by atoms with Crippen LogP contribution in [0.3, 0.4) is 0 Å². The van der Waals surface area contributed by atoms with Crippen LogP contribution in [0.1, 0.15) is 11.1 Å². The first-order valence-corrected chi connectivity index (χ1v) is 10.8. The Bertz CT molecular complexity index is 729. The first-order chi connectivity index (χ1) is 15.2. The maximum Gasteiger partial charge on any atom is 0.317 e. The number of hydrogen-bond acceptors (Lipinski definition) is 7. The number of carboxylic acid groups (broad SMARTS) is 3. The summed E-state index contributed by atoms with van der Waals surface area (Å²) in [6, 6.07) is 8.18. The van der Waals surface area contributed by atoms with Crippen LogP contribution < -0.4 is 5.32 Å². The summed E-state index contributed by atoms with van der Waals surface area (Å²) in [6.45, 7) is 5.38. The fraction of sp³-hybridized carbons (Fsp3) is 0.591. The van der Waals surface area contributed by atoms with Gasteiger partial charge in [-0.1, -0.05) is 29.8 Å². The van der Waals surface area contributed by atoms with E-state index in [1.54, 1.807) is 0 Å². The molecule has 1 aliphatic heterocycles. The van der Waals surface area contributed by atoms with Crippen LogP contribution in [0.4, 0.5) is 0 Å². The Kier molecular flexibility index (Phi) is 10.5. The maximum absolute atomic E-state index is 11.3. The lowest BCUT2D eigenvalue weighted by Gasteiger charge is -2.33. The smallest absolute Gasteiger partial charge is 0.317 e. The third-order valence-electron chi connectivity index (χ3n) is 5.62. The molecule has 32 heavy (non-hydrogen) atoms. The summed E-state index contributed by atoms with van der Waals surface area (Å²) in [5.41, 5.74) is 2.29. The van der Waals surface area contributed by atoms with E-state index >= 15 is 0 Å². The van der Waals surface area contributed by atoms with Crippen molar-refractivity contribution in [3.05, 3.63) is 35.4 Å². The Balaban J connectivity index is 2.18. The van der Waals surface area contributed by atoms with E-state index in [0.29, 0.717) is 52.2 Å². The monoisotopic (exact) mass is 450 g/mol. The van der Waals surface area contributed by atoms with E-state index in [1.165, 1.54) is 0 Å². The average Bonchev–Trinajstić information content (AvgIpc) is 2.79. The van der Waals surface area contributed by atoms with E-state index in [0.717, 1.165) is 11.1 Å². The zero-order valence-corrected chi connectivity index (χ0v) is 18.6. The van der Waals surface area contributed by atoms with E-state index in [-0.39, 0.29) is 25.7 Å². The number of rotatable bonds is 11. The Morgan fingerprint density at radius 1 is 0.844 bits per heavy atom. The molecule has 0 saturated carbocycles. The summed E-state index contributed by atoms with van der Waals surface area (Å²) in [5.74, 6) is -2.76. The van der Waals surface area contributed by atoms with Gasteiger partial charge in [0.05, 0.1) is 19.6 Å². The second kappa shape index (κ2) is 13.1. The van der Waals surface area contributed by atoms with Crippen LogP contribution in [0, 0.1) is 6.92 Å². The standard InChI is InChI=1S/C22H34N4O6/c1-17-2-4-18(5-3-17)12-19(13-23-14-20(27)28)26-10-8-24(15-21(29)30)6-7-25(9-11-26)16-22(31)32/h2-5,19,23H,6-16H2,1H3,(H,27,28)(H,29,30)(H,31,32). The molecule has 0 aliphatic carbocycles. The molecule has 1 aromatic rings. The number of aliphatic carboxylic acids is 3. The predicted molar refractivity (Wildman–Crippen MR) is 119 cm³/mol. The average molecular weight is 451 g/mol. The van der Waals surface area contributed by atoms with Gasteiger partial charge in [-0.15, -0.1) is 0 Å². The van der Waals surface area contributed by atoms with Crippen LogP contribution >= 0.6 is 0 Å². The highest BCUT2D eigenvalue weighted by molar-refractivity contribution is 5.69. The first-order valence-electron chi connectivity index (χ1n) is 10.8. The summed E-state index contributed by atoms with van der Waals surface area (Å²) in [7, 11) is 0. The highest BCUT2D eigenvalue weighted by Gasteiger charge is 2.24. The number of benzene rings is 1. The molecule has 0 spiro atoms. The first kappa shape index (κ1) is 25.7. The van der Waals surface area contributed by atoms with Crippen LogP contribution in [0.5, 0.6) is 0 Å². The van der Waals surface area contributed by atoms with Gasteiger partial charge >= 0.3 is 17.9 Å². The Labute approximate surface area is 188 Å². The van der Waals surface area contributed by atoms with Crippen LogP contribution in [0.2, 0.25) is 0 Å². The molecule has 1 heterocycles. The van der Waals surface area contributed by atoms with Gasteiger partial charge in [-0.05, 0) is 18.9 Å². The number of hydrogen-bond donors (Lipinski definition) is 4. The van der Waals surface area contributed by atoms with E-state index < -0.39 is 17.9 Å². The maximum atomic E-state index is 11.3. The quantitative estimate of drug-likeness (QED) is 0.355. The van der Waals surface area contributed by atoms with Crippen molar-refractivity contribution in [2.45, 2.75) is 19.4 Å². The molecule has 1 unspecified atom stereocenters. The zero-order valence-electron chi connectivity index (χ0n) is 18.6. The van der Waals surface area contributed by atoms with Gasteiger partial charge in [-0.3, -0.25) is 29.1 Å². The van der Waals surface area contributed by atoms with Crippen molar-refractivity contribution in [2.24, 2.45) is 0 Å². The van der Waals surface area contributed by atoms with Crippen molar-refractivity contribution in [1.29, 1.82) is 0 Å². The minimum absolute atomic E-state index is 0.0199. The molecular weight excluding hydrogens is 416 g/mol. The second-order valence-corrected chi connectivity index (χ2v) is 8.24. The Morgan fingerprint density at radius 2 is 1.34 bits per heavy atom. The summed E-state index contributed by atoms with van der Waals surface area (Å²) in [6.07, 6.45) is 0.699. The molecule has 0 radical (unpaired) electrons. The van der Waals surface area contributed by atoms with E-state index in [9.17, 15) is 24.6 Å². The molecule has 10 heteroatoms. The van der Waals surface area contributed by atoms with Crippen molar-refractivity contribution in [3.8, 4) is 0 Å². The van der Waals surface area contributed by atoms with Gasteiger partial charge < -0.3 is 20.6 Å². The molecule has 10 nitrogen and oxygen atoms in total. The van der Waals surface area contributed by atoms with Crippen LogP contribution in [-0.2, 0) is 20.8 Å². The van der Waals surface area contributed by atoms with Gasteiger partial charge in [-0.2, -0.15) is 0 Å². The molecule has 1 aromatic carbocycles. The molecule has 0 aromatic heterocycles. The SMILES string of the molecule is Cc1ccc(CC(CNCC(=O)O)N2CCN(CC(=O)O)CCN(CC(=O)O)CC2)cc1. The third-order valence-corrected chi connectivity index (χ3v) is 5.62. The molecule has 0 bridgehead atoms. The Morgan fingerprint density at radius 3 is 1.81 bits per heavy atom. The Hall–Kier alpha value is -2.53. The fourth-order valence-corrected chi connectivity index (χ4v) is 3.89. The number of nitrogens with zero attached hydrogens (tertiary/aromatic N) is 3. The van der Waals surface area contributed by atoms with Gasteiger partial charge in [0.2, 0.25) is 0 Å².